The van der Waals surface area contributed by atoms with E-state index < -0.39 is 16.4 Å². The van der Waals surface area contributed by atoms with Crippen molar-refractivity contribution in [2.45, 2.75) is 49.3 Å². The molecule has 0 atom stereocenters. The lowest BCUT2D eigenvalue weighted by Crippen LogP contribution is -2.19. The average molecular weight is 355 g/mol. The summed E-state index contributed by atoms with van der Waals surface area (Å²) in [6.07, 6.45) is 4.77. The quantitative estimate of drug-likeness (QED) is 0.912. The Hall–Kier alpha value is -1.80. The zero-order valence-corrected chi connectivity index (χ0v) is 13.8. The molecule has 1 saturated carbocycles. The second-order valence-corrected chi connectivity index (χ2v) is 7.58. The van der Waals surface area contributed by atoms with Gasteiger partial charge in [0.25, 0.3) is 6.43 Å². The van der Waals surface area contributed by atoms with E-state index in [9.17, 15) is 17.2 Å². The summed E-state index contributed by atoms with van der Waals surface area (Å²) in [5.41, 5.74) is 0.0836. The van der Waals surface area contributed by atoms with E-state index in [0.717, 1.165) is 36.8 Å². The highest BCUT2D eigenvalue weighted by molar-refractivity contribution is 7.89. The van der Waals surface area contributed by atoms with Crippen LogP contribution in [0, 0.1) is 0 Å². The van der Waals surface area contributed by atoms with Crippen LogP contribution in [0.25, 0.3) is 5.69 Å². The number of sulfonamides is 1. The Morgan fingerprint density at radius 1 is 1.21 bits per heavy atom. The Balaban J connectivity index is 2.28. The summed E-state index contributed by atoms with van der Waals surface area (Å²) in [7, 11) is -4.16. The summed E-state index contributed by atoms with van der Waals surface area (Å²) in [4.78, 5) is -0.332. The molecule has 0 unspecified atom stereocenters. The van der Waals surface area contributed by atoms with Crippen molar-refractivity contribution >= 4 is 10.0 Å². The van der Waals surface area contributed by atoms with Gasteiger partial charge in [-0.3, -0.25) is 0 Å². The third-order valence-electron chi connectivity index (χ3n) is 4.52. The van der Waals surface area contributed by atoms with Gasteiger partial charge in [0.15, 0.2) is 0 Å². The SMILES string of the molecule is NS(=O)(=O)c1ccc(C2CCCCC2)c(C(F)F)c1-n1cccn1. The summed E-state index contributed by atoms with van der Waals surface area (Å²) >= 11 is 0. The molecule has 0 aliphatic heterocycles. The number of nitrogens with zero attached hydrogens (tertiary/aromatic N) is 2. The molecule has 5 nitrogen and oxygen atoms in total. The minimum Gasteiger partial charge on any atom is -0.239 e. The Morgan fingerprint density at radius 3 is 2.46 bits per heavy atom. The average Bonchev–Trinajstić information content (AvgIpc) is 3.07. The van der Waals surface area contributed by atoms with E-state index >= 15 is 0 Å². The number of hydrogen-bond donors (Lipinski definition) is 1. The fourth-order valence-electron chi connectivity index (χ4n) is 3.47. The van der Waals surface area contributed by atoms with Crippen LogP contribution in [-0.4, -0.2) is 18.2 Å². The standard InChI is InChI=1S/C16H19F2N3O2S/c17-16(18)14-12(11-5-2-1-3-6-11)7-8-13(24(19,22)23)15(14)21-10-4-9-20-21/h4,7-11,16H,1-3,5-6H2,(H2,19,22,23). The van der Waals surface area contributed by atoms with Gasteiger partial charge in [0.2, 0.25) is 10.0 Å². The van der Waals surface area contributed by atoms with Crippen LogP contribution in [0.15, 0.2) is 35.5 Å². The molecular formula is C16H19F2N3O2S. The molecule has 130 valence electrons. The lowest BCUT2D eigenvalue weighted by atomic mass is 9.81. The van der Waals surface area contributed by atoms with E-state index in [-0.39, 0.29) is 22.1 Å². The summed E-state index contributed by atoms with van der Waals surface area (Å²) in [5.74, 6) is 0.00610. The van der Waals surface area contributed by atoms with Crippen molar-refractivity contribution in [2.24, 2.45) is 5.14 Å². The van der Waals surface area contributed by atoms with Gasteiger partial charge < -0.3 is 0 Å². The Kier molecular flexibility index (Phi) is 4.69. The fourth-order valence-corrected chi connectivity index (χ4v) is 4.20. The van der Waals surface area contributed by atoms with Gasteiger partial charge in [-0.15, -0.1) is 0 Å². The smallest absolute Gasteiger partial charge is 0.239 e. The predicted molar refractivity (Wildman–Crippen MR) is 85.7 cm³/mol. The van der Waals surface area contributed by atoms with Crippen molar-refractivity contribution < 1.29 is 17.2 Å². The summed E-state index contributed by atoms with van der Waals surface area (Å²) in [6.45, 7) is 0. The second-order valence-electron chi connectivity index (χ2n) is 6.05. The number of alkyl halides is 2. The first-order chi connectivity index (χ1) is 11.4. The molecule has 2 N–H and O–H groups in total. The number of primary sulfonamides is 1. The van der Waals surface area contributed by atoms with E-state index in [2.05, 4.69) is 5.10 Å². The fraction of sp³-hybridized carbons (Fsp3) is 0.438. The zero-order valence-electron chi connectivity index (χ0n) is 13.0. The first-order valence-corrected chi connectivity index (χ1v) is 9.42. The number of hydrogen-bond acceptors (Lipinski definition) is 3. The number of aromatic nitrogens is 2. The normalized spacial score (nSPS) is 16.7. The van der Waals surface area contributed by atoms with Crippen LogP contribution in [0.3, 0.4) is 0 Å². The van der Waals surface area contributed by atoms with Gasteiger partial charge in [0.05, 0.1) is 5.69 Å². The summed E-state index contributed by atoms with van der Waals surface area (Å²) in [5, 5.41) is 9.20. The van der Waals surface area contributed by atoms with Crippen molar-refractivity contribution in [3.8, 4) is 5.69 Å². The van der Waals surface area contributed by atoms with Crippen molar-refractivity contribution in [3.05, 3.63) is 41.7 Å². The van der Waals surface area contributed by atoms with Gasteiger partial charge in [-0.2, -0.15) is 5.10 Å². The largest absolute Gasteiger partial charge is 0.266 e. The molecule has 0 bridgehead atoms. The lowest BCUT2D eigenvalue weighted by Gasteiger charge is -2.26. The van der Waals surface area contributed by atoms with Crippen molar-refractivity contribution in [3.63, 3.8) is 0 Å². The second kappa shape index (κ2) is 6.60. The molecule has 1 aromatic carbocycles. The maximum absolute atomic E-state index is 13.9. The van der Waals surface area contributed by atoms with Crippen LogP contribution in [0.1, 0.15) is 55.6 Å². The van der Waals surface area contributed by atoms with Gasteiger partial charge in [0, 0.05) is 18.0 Å². The monoisotopic (exact) mass is 355 g/mol. The molecule has 0 saturated heterocycles. The van der Waals surface area contributed by atoms with Gasteiger partial charge in [-0.25, -0.2) is 27.0 Å². The number of halogens is 2. The molecule has 3 rings (SSSR count). The molecule has 0 radical (unpaired) electrons. The number of rotatable bonds is 4. The van der Waals surface area contributed by atoms with Crippen LogP contribution in [0.2, 0.25) is 0 Å². The molecular weight excluding hydrogens is 336 g/mol. The zero-order chi connectivity index (χ0) is 17.3. The van der Waals surface area contributed by atoms with Crippen molar-refractivity contribution in [1.82, 2.24) is 9.78 Å². The molecule has 1 aromatic heterocycles. The maximum atomic E-state index is 13.9. The highest BCUT2D eigenvalue weighted by Gasteiger charge is 2.30. The Labute approximate surface area is 139 Å². The highest BCUT2D eigenvalue weighted by Crippen LogP contribution is 2.41. The maximum Gasteiger partial charge on any atom is 0.266 e. The molecule has 1 aliphatic rings. The minimum absolute atomic E-state index is 0.00610. The van der Waals surface area contributed by atoms with Crippen LogP contribution in [0.4, 0.5) is 8.78 Å². The Morgan fingerprint density at radius 2 is 1.92 bits per heavy atom. The van der Waals surface area contributed by atoms with Gasteiger partial charge >= 0.3 is 0 Å². The van der Waals surface area contributed by atoms with E-state index in [1.807, 2.05) is 0 Å². The number of nitrogens with two attached hydrogens (primary N) is 1. The molecule has 2 aromatic rings. The molecule has 1 fully saturated rings. The van der Waals surface area contributed by atoms with Gasteiger partial charge in [-0.1, -0.05) is 25.3 Å². The number of benzene rings is 1. The third kappa shape index (κ3) is 3.21. The minimum atomic E-state index is -4.16. The van der Waals surface area contributed by atoms with Gasteiger partial charge in [0.1, 0.15) is 4.90 Å². The third-order valence-corrected chi connectivity index (χ3v) is 5.46. The molecule has 24 heavy (non-hydrogen) atoms. The first kappa shape index (κ1) is 17.0. The topological polar surface area (TPSA) is 78.0 Å². The van der Waals surface area contributed by atoms with E-state index in [1.165, 1.54) is 24.5 Å². The predicted octanol–water partition coefficient (Wildman–Crippen LogP) is 3.51. The summed E-state index contributed by atoms with van der Waals surface area (Å²) < 4.78 is 52.8. The molecule has 1 heterocycles. The van der Waals surface area contributed by atoms with E-state index in [1.54, 1.807) is 6.07 Å². The molecule has 1 aliphatic carbocycles. The Bertz CT molecular complexity index is 814. The van der Waals surface area contributed by atoms with Crippen LogP contribution >= 0.6 is 0 Å². The van der Waals surface area contributed by atoms with E-state index in [0.29, 0.717) is 5.56 Å². The van der Waals surface area contributed by atoms with Gasteiger partial charge in [-0.05, 0) is 36.5 Å². The summed E-state index contributed by atoms with van der Waals surface area (Å²) in [6, 6.07) is 4.36. The first-order valence-electron chi connectivity index (χ1n) is 7.87. The van der Waals surface area contributed by atoms with Crippen molar-refractivity contribution in [1.29, 1.82) is 0 Å². The lowest BCUT2D eigenvalue weighted by molar-refractivity contribution is 0.148. The molecule has 0 spiro atoms. The van der Waals surface area contributed by atoms with Crippen LogP contribution in [-0.2, 0) is 10.0 Å². The van der Waals surface area contributed by atoms with E-state index in [4.69, 9.17) is 5.14 Å². The molecule has 0 amide bonds. The molecule has 8 heteroatoms. The highest BCUT2D eigenvalue weighted by atomic mass is 32.2. The van der Waals surface area contributed by atoms with Crippen molar-refractivity contribution in [2.75, 3.05) is 0 Å². The van der Waals surface area contributed by atoms with Crippen LogP contribution in [0.5, 0.6) is 0 Å². The van der Waals surface area contributed by atoms with Crippen LogP contribution < -0.4 is 5.14 Å².